The summed E-state index contributed by atoms with van der Waals surface area (Å²) in [6.07, 6.45) is -0.257. The third-order valence-corrected chi connectivity index (χ3v) is 7.91. The monoisotopic (exact) mass is 527 g/mol. The van der Waals surface area contributed by atoms with E-state index in [0.717, 1.165) is 29.4 Å². The molecular formula is C24H22F5N3O3S. The van der Waals surface area contributed by atoms with Crippen LogP contribution in [0.25, 0.3) is 0 Å². The largest absolute Gasteiger partial charge is 0.378 e. The Labute approximate surface area is 202 Å². The van der Waals surface area contributed by atoms with Gasteiger partial charge in [-0.25, -0.2) is 4.98 Å². The van der Waals surface area contributed by atoms with E-state index < -0.39 is 38.3 Å². The SMILES string of the molecule is O=C(C(O)c1cccc(S(F)(F)(F)(F)F)c1)N1CCc2nc(C3(c4ccccc4)CC3)[nH]c(=O)c2C1. The summed E-state index contributed by atoms with van der Waals surface area (Å²) in [5.41, 5.74) is 0.349. The van der Waals surface area contributed by atoms with Crippen LogP contribution in [0.2, 0.25) is 0 Å². The van der Waals surface area contributed by atoms with E-state index in [9.17, 15) is 34.1 Å². The number of benzene rings is 2. The lowest BCUT2D eigenvalue weighted by molar-refractivity contribution is -0.141. The average molecular weight is 528 g/mol. The molecule has 1 fully saturated rings. The number of aliphatic hydroxyl groups is 1. The zero-order chi connectivity index (χ0) is 26.0. The summed E-state index contributed by atoms with van der Waals surface area (Å²) in [6.45, 7) is -0.161. The van der Waals surface area contributed by atoms with Crippen LogP contribution in [-0.2, 0) is 23.2 Å². The van der Waals surface area contributed by atoms with Gasteiger partial charge in [0.15, 0.2) is 6.10 Å². The molecule has 6 nitrogen and oxygen atoms in total. The second-order valence-electron chi connectivity index (χ2n) is 9.24. The van der Waals surface area contributed by atoms with Crippen molar-refractivity contribution in [2.75, 3.05) is 6.54 Å². The minimum absolute atomic E-state index is 0.0539. The Morgan fingerprint density at radius 3 is 2.39 bits per heavy atom. The van der Waals surface area contributed by atoms with Crippen LogP contribution in [0.4, 0.5) is 19.4 Å². The van der Waals surface area contributed by atoms with Crippen LogP contribution in [0, 0.1) is 0 Å². The first-order chi connectivity index (χ1) is 16.7. The number of carbonyl (C=O) groups is 1. The second-order valence-corrected chi connectivity index (χ2v) is 11.7. The van der Waals surface area contributed by atoms with Gasteiger partial charge < -0.3 is 15.0 Å². The van der Waals surface area contributed by atoms with E-state index in [4.69, 9.17) is 0 Å². The van der Waals surface area contributed by atoms with Gasteiger partial charge in [0, 0.05) is 13.0 Å². The number of hydrogen-bond donors (Lipinski definition) is 2. The van der Waals surface area contributed by atoms with E-state index >= 15 is 0 Å². The summed E-state index contributed by atoms with van der Waals surface area (Å²) in [7, 11) is -9.99. The molecule has 0 bridgehead atoms. The number of H-pyrrole nitrogens is 1. The molecule has 2 heterocycles. The maximum Gasteiger partial charge on any atom is 0.310 e. The molecule has 36 heavy (non-hydrogen) atoms. The zero-order valence-corrected chi connectivity index (χ0v) is 19.6. The Bertz CT molecular complexity index is 1420. The zero-order valence-electron chi connectivity index (χ0n) is 18.8. The van der Waals surface area contributed by atoms with Crippen LogP contribution in [0.15, 0.2) is 64.3 Å². The van der Waals surface area contributed by atoms with Crippen LogP contribution >= 0.6 is 10.2 Å². The van der Waals surface area contributed by atoms with Gasteiger partial charge in [-0.1, -0.05) is 61.9 Å². The molecule has 1 amide bonds. The first-order valence-corrected chi connectivity index (χ1v) is 13.1. The Kier molecular flexibility index (Phi) is 5.02. The van der Waals surface area contributed by atoms with Gasteiger partial charge in [0.05, 0.1) is 23.2 Å². The molecular weight excluding hydrogens is 505 g/mol. The Morgan fingerprint density at radius 1 is 1.06 bits per heavy atom. The van der Waals surface area contributed by atoms with Gasteiger partial charge in [-0.05, 0) is 36.1 Å². The Hall–Kier alpha value is -3.25. The molecule has 1 saturated carbocycles. The number of amides is 1. The standard InChI is InChI=1S/C24H22F5N3O3S/c25-36(26,27,28,29)17-8-4-5-15(13-17)20(33)22(35)32-12-9-19-18(14-32)21(34)31-23(30-19)24(10-11-24)16-6-2-1-3-7-16/h1-8,13,20,33H,9-12,14H2,(H,30,31,34). The summed E-state index contributed by atoms with van der Waals surface area (Å²) in [6, 6.07) is 11.6. The van der Waals surface area contributed by atoms with Crippen LogP contribution < -0.4 is 5.56 Å². The van der Waals surface area contributed by atoms with Crippen molar-refractivity contribution in [2.24, 2.45) is 0 Å². The van der Waals surface area contributed by atoms with Crippen molar-refractivity contribution < 1.29 is 29.3 Å². The van der Waals surface area contributed by atoms with Crippen molar-refractivity contribution in [3.05, 3.63) is 93.2 Å². The highest BCUT2D eigenvalue weighted by Gasteiger charge is 2.65. The Balaban J connectivity index is 1.39. The van der Waals surface area contributed by atoms with Gasteiger partial charge in [-0.15, -0.1) is 0 Å². The third-order valence-electron chi connectivity index (χ3n) is 6.76. The summed E-state index contributed by atoms with van der Waals surface area (Å²) >= 11 is 0. The van der Waals surface area contributed by atoms with Crippen LogP contribution in [0.5, 0.6) is 0 Å². The number of rotatable bonds is 5. The molecule has 0 spiro atoms. The van der Waals surface area contributed by atoms with Crippen molar-refractivity contribution in [1.82, 2.24) is 14.9 Å². The number of aromatic nitrogens is 2. The molecule has 192 valence electrons. The molecule has 0 saturated heterocycles. The predicted octanol–water partition coefficient (Wildman–Crippen LogP) is 5.13. The lowest BCUT2D eigenvalue weighted by Crippen LogP contribution is -2.42. The predicted molar refractivity (Wildman–Crippen MR) is 123 cm³/mol. The van der Waals surface area contributed by atoms with E-state index in [2.05, 4.69) is 9.97 Å². The highest BCUT2D eigenvalue weighted by molar-refractivity contribution is 8.45. The van der Waals surface area contributed by atoms with Crippen molar-refractivity contribution in [3.63, 3.8) is 0 Å². The first-order valence-electron chi connectivity index (χ1n) is 11.2. The van der Waals surface area contributed by atoms with Gasteiger partial charge >= 0.3 is 10.2 Å². The molecule has 5 rings (SSSR count). The fraction of sp³-hybridized carbons (Fsp3) is 0.292. The average Bonchev–Trinajstić information content (AvgIpc) is 3.64. The molecule has 1 atom stereocenters. The summed E-state index contributed by atoms with van der Waals surface area (Å²) in [5, 5.41) is 10.4. The fourth-order valence-corrected chi connectivity index (χ4v) is 5.32. The molecule has 2 N–H and O–H groups in total. The highest BCUT2D eigenvalue weighted by atomic mass is 32.5. The molecule has 1 unspecified atom stereocenters. The minimum Gasteiger partial charge on any atom is -0.378 e. The van der Waals surface area contributed by atoms with E-state index in [0.29, 0.717) is 17.6 Å². The van der Waals surface area contributed by atoms with Crippen molar-refractivity contribution >= 4 is 16.1 Å². The lowest BCUT2D eigenvalue weighted by Gasteiger charge is -2.40. The van der Waals surface area contributed by atoms with E-state index in [1.54, 1.807) is 0 Å². The number of fused-ring (bicyclic) bond motifs is 1. The van der Waals surface area contributed by atoms with E-state index in [1.165, 1.54) is 0 Å². The molecule has 1 aliphatic carbocycles. The number of halogens is 5. The smallest absolute Gasteiger partial charge is 0.310 e. The third kappa shape index (κ3) is 4.39. The van der Waals surface area contributed by atoms with E-state index in [1.807, 2.05) is 30.3 Å². The number of nitrogens with zero attached hydrogens (tertiary/aromatic N) is 2. The fourth-order valence-electron chi connectivity index (χ4n) is 4.62. The number of aliphatic hydroxyl groups excluding tert-OH is 1. The topological polar surface area (TPSA) is 86.3 Å². The summed E-state index contributed by atoms with van der Waals surface area (Å²) < 4.78 is 65.8. The quantitative estimate of drug-likeness (QED) is 0.451. The summed E-state index contributed by atoms with van der Waals surface area (Å²) in [5.74, 6) is -0.448. The maximum atomic E-state index is 13.2. The van der Waals surface area contributed by atoms with Crippen LogP contribution in [0.3, 0.4) is 0 Å². The van der Waals surface area contributed by atoms with Crippen LogP contribution in [0.1, 0.15) is 47.2 Å². The van der Waals surface area contributed by atoms with Gasteiger partial charge in [-0.2, -0.15) is 0 Å². The maximum absolute atomic E-state index is 13.2. The van der Waals surface area contributed by atoms with Gasteiger partial charge in [0.1, 0.15) is 10.7 Å². The molecule has 2 aliphatic rings. The van der Waals surface area contributed by atoms with Gasteiger partial charge in [0.2, 0.25) is 0 Å². The first kappa shape index (κ1) is 24.4. The second kappa shape index (κ2) is 7.39. The number of aromatic amines is 1. The molecule has 1 aliphatic heterocycles. The minimum atomic E-state index is -9.99. The molecule has 0 radical (unpaired) electrons. The van der Waals surface area contributed by atoms with Crippen LogP contribution in [-0.4, -0.2) is 32.4 Å². The molecule has 12 heteroatoms. The number of nitrogens with one attached hydrogen (secondary N) is 1. The van der Waals surface area contributed by atoms with Crippen molar-refractivity contribution in [1.29, 1.82) is 0 Å². The highest BCUT2D eigenvalue weighted by Crippen LogP contribution is 3.02. The van der Waals surface area contributed by atoms with Crippen molar-refractivity contribution in [3.8, 4) is 0 Å². The van der Waals surface area contributed by atoms with Crippen molar-refractivity contribution in [2.45, 2.75) is 42.2 Å². The van der Waals surface area contributed by atoms with E-state index in [-0.39, 0.29) is 42.6 Å². The molecule has 1 aromatic heterocycles. The number of carbonyl (C=O) groups excluding carboxylic acids is 1. The normalized spacial score (nSPS) is 19.6. The molecule has 2 aromatic carbocycles. The van der Waals surface area contributed by atoms with Gasteiger partial charge in [-0.3, -0.25) is 9.59 Å². The molecule has 3 aromatic rings. The Morgan fingerprint density at radius 2 is 1.75 bits per heavy atom. The van der Waals surface area contributed by atoms with Gasteiger partial charge in [0.25, 0.3) is 11.5 Å². The number of hydrogen-bond acceptors (Lipinski definition) is 4. The lowest BCUT2D eigenvalue weighted by atomic mass is 9.94. The summed E-state index contributed by atoms with van der Waals surface area (Å²) in [4.78, 5) is 32.2.